The van der Waals surface area contributed by atoms with Gasteiger partial charge in [0.2, 0.25) is 0 Å². The Morgan fingerprint density at radius 1 is 1.19 bits per heavy atom. The van der Waals surface area contributed by atoms with Crippen molar-refractivity contribution in [1.29, 1.82) is 0 Å². The third kappa shape index (κ3) is 4.41. The van der Waals surface area contributed by atoms with Crippen molar-refractivity contribution in [2.75, 3.05) is 19.7 Å². The Bertz CT molecular complexity index is 376. The van der Waals surface area contributed by atoms with E-state index in [0.29, 0.717) is 31.8 Å². The van der Waals surface area contributed by atoms with Crippen LogP contribution in [0.25, 0.3) is 0 Å². The van der Waals surface area contributed by atoms with Crippen LogP contribution >= 0.6 is 0 Å². The summed E-state index contributed by atoms with van der Waals surface area (Å²) >= 11 is 0. The van der Waals surface area contributed by atoms with Crippen molar-refractivity contribution in [1.82, 2.24) is 4.90 Å². The van der Waals surface area contributed by atoms with Gasteiger partial charge in [-0.3, -0.25) is 4.79 Å². The summed E-state index contributed by atoms with van der Waals surface area (Å²) in [6.45, 7) is 6.33. The zero-order valence-electron chi connectivity index (χ0n) is 12.8. The van der Waals surface area contributed by atoms with E-state index in [1.165, 1.54) is 0 Å². The number of ether oxygens (including phenoxy) is 2. The van der Waals surface area contributed by atoms with E-state index >= 15 is 0 Å². The summed E-state index contributed by atoms with van der Waals surface area (Å²) in [5.41, 5.74) is 0. The van der Waals surface area contributed by atoms with Crippen molar-refractivity contribution in [3.63, 3.8) is 0 Å². The molecule has 6 nitrogen and oxygen atoms in total. The molecule has 2 saturated heterocycles. The van der Waals surface area contributed by atoms with Crippen LogP contribution in [-0.2, 0) is 19.1 Å². The second-order valence-corrected chi connectivity index (χ2v) is 6.28. The van der Waals surface area contributed by atoms with E-state index in [9.17, 15) is 9.59 Å². The molecule has 0 bridgehead atoms. The van der Waals surface area contributed by atoms with Crippen LogP contribution in [0.1, 0.15) is 39.5 Å². The van der Waals surface area contributed by atoms with Crippen LogP contribution in [0.15, 0.2) is 0 Å². The van der Waals surface area contributed by atoms with Crippen LogP contribution in [0.5, 0.6) is 0 Å². The fourth-order valence-electron chi connectivity index (χ4n) is 2.78. The standard InChI is InChI=1S/C15H25NO5/c1-10(2)9-20-11-5-7-16(8-6-11)14(17)12-3-4-13(21-12)15(18)19/h10-13H,3-9H2,1-2H3,(H,18,19)/t12-,13+/m0/s1. The van der Waals surface area contributed by atoms with E-state index in [4.69, 9.17) is 14.6 Å². The average Bonchev–Trinajstić information content (AvgIpc) is 2.95. The summed E-state index contributed by atoms with van der Waals surface area (Å²) in [6, 6.07) is 0. The van der Waals surface area contributed by atoms with Gasteiger partial charge in [-0.05, 0) is 31.6 Å². The molecule has 0 aromatic rings. The maximum Gasteiger partial charge on any atom is 0.332 e. The number of carboxylic acid groups (broad SMARTS) is 1. The summed E-state index contributed by atoms with van der Waals surface area (Å²) < 4.78 is 11.1. The molecule has 0 aromatic heterocycles. The molecule has 0 aliphatic carbocycles. The summed E-state index contributed by atoms with van der Waals surface area (Å²) in [6.07, 6.45) is 1.41. The fraction of sp³-hybridized carbons (Fsp3) is 0.867. The third-order valence-electron chi connectivity index (χ3n) is 3.99. The van der Waals surface area contributed by atoms with Crippen LogP contribution in [0.2, 0.25) is 0 Å². The van der Waals surface area contributed by atoms with Gasteiger partial charge in [0.1, 0.15) is 6.10 Å². The second kappa shape index (κ2) is 7.22. The number of rotatable bonds is 5. The van der Waals surface area contributed by atoms with Gasteiger partial charge in [-0.1, -0.05) is 13.8 Å². The molecule has 2 heterocycles. The Morgan fingerprint density at radius 3 is 2.33 bits per heavy atom. The van der Waals surface area contributed by atoms with E-state index in [1.54, 1.807) is 4.90 Å². The third-order valence-corrected chi connectivity index (χ3v) is 3.99. The largest absolute Gasteiger partial charge is 0.479 e. The molecule has 0 radical (unpaired) electrons. The molecule has 0 aromatic carbocycles. The molecule has 6 heteroatoms. The Balaban J connectivity index is 1.75. The predicted molar refractivity (Wildman–Crippen MR) is 75.9 cm³/mol. The number of piperidine rings is 1. The number of likely N-dealkylation sites (tertiary alicyclic amines) is 1. The lowest BCUT2D eigenvalue weighted by molar-refractivity contribution is -0.155. The first kappa shape index (κ1) is 16.2. The van der Waals surface area contributed by atoms with E-state index in [-0.39, 0.29) is 12.0 Å². The first-order valence-corrected chi connectivity index (χ1v) is 7.76. The van der Waals surface area contributed by atoms with Crippen molar-refractivity contribution in [2.45, 2.75) is 57.8 Å². The molecular weight excluding hydrogens is 274 g/mol. The van der Waals surface area contributed by atoms with Gasteiger partial charge in [0.05, 0.1) is 6.10 Å². The molecule has 2 aliphatic rings. The van der Waals surface area contributed by atoms with Gasteiger partial charge in [-0.15, -0.1) is 0 Å². The van der Waals surface area contributed by atoms with Crippen LogP contribution in [0, 0.1) is 5.92 Å². The lowest BCUT2D eigenvalue weighted by Crippen LogP contribution is -2.45. The van der Waals surface area contributed by atoms with Crippen LogP contribution < -0.4 is 0 Å². The summed E-state index contributed by atoms with van der Waals surface area (Å²) in [5.74, 6) is -0.531. The fourth-order valence-corrected chi connectivity index (χ4v) is 2.78. The number of nitrogens with zero attached hydrogens (tertiary/aromatic N) is 1. The Labute approximate surface area is 125 Å². The zero-order chi connectivity index (χ0) is 15.4. The highest BCUT2D eigenvalue weighted by Crippen LogP contribution is 2.23. The van der Waals surface area contributed by atoms with E-state index in [0.717, 1.165) is 19.4 Å². The van der Waals surface area contributed by atoms with E-state index < -0.39 is 18.2 Å². The topological polar surface area (TPSA) is 76.1 Å². The molecular formula is C15H25NO5. The Hall–Kier alpha value is -1.14. The number of hydrogen-bond donors (Lipinski definition) is 1. The number of amides is 1. The van der Waals surface area contributed by atoms with Crippen molar-refractivity contribution in [3.8, 4) is 0 Å². The Kier molecular flexibility index (Phi) is 5.58. The van der Waals surface area contributed by atoms with Crippen molar-refractivity contribution >= 4 is 11.9 Å². The molecule has 0 unspecified atom stereocenters. The van der Waals surface area contributed by atoms with Gasteiger partial charge in [-0.25, -0.2) is 4.79 Å². The lowest BCUT2D eigenvalue weighted by Gasteiger charge is -2.33. The minimum Gasteiger partial charge on any atom is -0.479 e. The molecule has 21 heavy (non-hydrogen) atoms. The molecule has 1 amide bonds. The SMILES string of the molecule is CC(C)COC1CCN(C(=O)[C@@H]2CC[C@H](C(=O)O)O2)CC1. The van der Waals surface area contributed by atoms with Gasteiger partial charge in [0, 0.05) is 19.7 Å². The van der Waals surface area contributed by atoms with Crippen molar-refractivity contribution in [2.24, 2.45) is 5.92 Å². The number of hydrogen-bond acceptors (Lipinski definition) is 4. The van der Waals surface area contributed by atoms with Crippen molar-refractivity contribution < 1.29 is 24.2 Å². The molecule has 2 atom stereocenters. The summed E-state index contributed by atoms with van der Waals surface area (Å²) in [4.78, 5) is 24.9. The monoisotopic (exact) mass is 299 g/mol. The molecule has 0 saturated carbocycles. The zero-order valence-corrected chi connectivity index (χ0v) is 12.8. The molecule has 120 valence electrons. The number of aliphatic carboxylic acids is 1. The summed E-state index contributed by atoms with van der Waals surface area (Å²) in [5, 5.41) is 8.90. The van der Waals surface area contributed by atoms with Crippen molar-refractivity contribution in [3.05, 3.63) is 0 Å². The second-order valence-electron chi connectivity index (χ2n) is 6.28. The molecule has 2 aliphatic heterocycles. The van der Waals surface area contributed by atoms with Crippen LogP contribution in [-0.4, -0.2) is 59.9 Å². The predicted octanol–water partition coefficient (Wildman–Crippen LogP) is 1.28. The molecule has 0 spiro atoms. The van der Waals surface area contributed by atoms with Gasteiger partial charge in [-0.2, -0.15) is 0 Å². The maximum atomic E-state index is 12.3. The first-order valence-electron chi connectivity index (χ1n) is 7.76. The number of carbonyl (C=O) groups excluding carboxylic acids is 1. The minimum atomic E-state index is -0.980. The quantitative estimate of drug-likeness (QED) is 0.827. The normalized spacial score (nSPS) is 27.3. The van der Waals surface area contributed by atoms with Gasteiger partial charge in [0.25, 0.3) is 5.91 Å². The minimum absolute atomic E-state index is 0.0685. The van der Waals surface area contributed by atoms with Crippen LogP contribution in [0.4, 0.5) is 0 Å². The van der Waals surface area contributed by atoms with Crippen LogP contribution in [0.3, 0.4) is 0 Å². The number of carbonyl (C=O) groups is 2. The molecule has 1 N–H and O–H groups in total. The van der Waals surface area contributed by atoms with E-state index in [1.807, 2.05) is 0 Å². The molecule has 2 rings (SSSR count). The van der Waals surface area contributed by atoms with Gasteiger partial charge >= 0.3 is 5.97 Å². The molecule has 2 fully saturated rings. The lowest BCUT2D eigenvalue weighted by atomic mass is 10.1. The maximum absolute atomic E-state index is 12.3. The number of carboxylic acids is 1. The van der Waals surface area contributed by atoms with Gasteiger partial charge < -0.3 is 19.5 Å². The Morgan fingerprint density at radius 2 is 1.81 bits per heavy atom. The summed E-state index contributed by atoms with van der Waals surface area (Å²) in [7, 11) is 0. The highest BCUT2D eigenvalue weighted by Gasteiger charge is 2.37. The average molecular weight is 299 g/mol. The van der Waals surface area contributed by atoms with Gasteiger partial charge in [0.15, 0.2) is 6.10 Å². The highest BCUT2D eigenvalue weighted by atomic mass is 16.5. The highest BCUT2D eigenvalue weighted by molar-refractivity contribution is 5.82. The van der Waals surface area contributed by atoms with E-state index in [2.05, 4.69) is 13.8 Å². The smallest absolute Gasteiger partial charge is 0.332 e. The first-order chi connectivity index (χ1) is 9.97.